The van der Waals surface area contributed by atoms with E-state index in [0.29, 0.717) is 23.6 Å². The summed E-state index contributed by atoms with van der Waals surface area (Å²) < 4.78 is 0. The van der Waals surface area contributed by atoms with Gasteiger partial charge in [0.1, 0.15) is 17.6 Å². The van der Waals surface area contributed by atoms with Gasteiger partial charge in [0.15, 0.2) is 0 Å². The lowest BCUT2D eigenvalue weighted by molar-refractivity contribution is 0.645. The van der Waals surface area contributed by atoms with Crippen LogP contribution in [0.4, 0.5) is 11.5 Å². The predicted molar refractivity (Wildman–Crippen MR) is 95.5 cm³/mol. The zero-order valence-corrected chi connectivity index (χ0v) is 13.4. The van der Waals surface area contributed by atoms with E-state index >= 15 is 0 Å². The Morgan fingerprint density at radius 1 is 0.960 bits per heavy atom. The van der Waals surface area contributed by atoms with Gasteiger partial charge in [0.2, 0.25) is 0 Å². The van der Waals surface area contributed by atoms with Crippen molar-refractivity contribution in [2.45, 2.75) is 18.5 Å². The second-order valence-corrected chi connectivity index (χ2v) is 5.94. The standard InChI is InChI=1S/C18H17N7/c19-13-5-1-3-11(7-13)14-8-15(25-24-14)17-18(20)22-10-16(23-17)12-4-2-6-21-9-12/h1-7,9-10,14-15H,8,19H2,(H2,20,22). The molecule has 2 atom stereocenters. The fourth-order valence-electron chi connectivity index (χ4n) is 2.91. The Labute approximate surface area is 144 Å². The molecule has 1 aliphatic heterocycles. The molecule has 124 valence electrons. The van der Waals surface area contributed by atoms with Crippen molar-refractivity contribution in [2.24, 2.45) is 10.2 Å². The summed E-state index contributed by atoms with van der Waals surface area (Å²) in [5.41, 5.74) is 15.9. The molecule has 0 fully saturated rings. The van der Waals surface area contributed by atoms with E-state index < -0.39 is 0 Å². The molecule has 4 N–H and O–H groups in total. The van der Waals surface area contributed by atoms with E-state index in [4.69, 9.17) is 11.5 Å². The molecule has 1 aliphatic rings. The maximum Gasteiger partial charge on any atom is 0.147 e. The van der Waals surface area contributed by atoms with E-state index in [1.54, 1.807) is 18.6 Å². The summed E-state index contributed by atoms with van der Waals surface area (Å²) in [6, 6.07) is 11.2. The molecule has 3 heterocycles. The highest BCUT2D eigenvalue weighted by Gasteiger charge is 2.28. The number of anilines is 2. The zero-order chi connectivity index (χ0) is 17.2. The minimum absolute atomic E-state index is 0.0447. The van der Waals surface area contributed by atoms with Crippen LogP contribution in [0, 0.1) is 0 Å². The minimum Gasteiger partial charge on any atom is -0.399 e. The number of hydrogen-bond acceptors (Lipinski definition) is 7. The average Bonchev–Trinajstić information content (AvgIpc) is 3.13. The van der Waals surface area contributed by atoms with Crippen LogP contribution in [-0.2, 0) is 0 Å². The maximum absolute atomic E-state index is 6.04. The summed E-state index contributed by atoms with van der Waals surface area (Å²) >= 11 is 0. The van der Waals surface area contributed by atoms with Crippen LogP contribution in [0.1, 0.15) is 29.8 Å². The number of nitrogens with zero attached hydrogens (tertiary/aromatic N) is 5. The normalized spacial score (nSPS) is 19.2. The molecule has 1 aromatic carbocycles. The van der Waals surface area contributed by atoms with Gasteiger partial charge in [-0.1, -0.05) is 12.1 Å². The number of nitrogen functional groups attached to an aromatic ring is 2. The lowest BCUT2D eigenvalue weighted by Gasteiger charge is -2.12. The van der Waals surface area contributed by atoms with Crippen LogP contribution in [0.25, 0.3) is 11.3 Å². The van der Waals surface area contributed by atoms with Crippen LogP contribution in [0.15, 0.2) is 65.2 Å². The van der Waals surface area contributed by atoms with E-state index in [-0.39, 0.29) is 12.1 Å². The summed E-state index contributed by atoms with van der Waals surface area (Å²) in [6.07, 6.45) is 5.81. The molecule has 7 heteroatoms. The fourth-order valence-corrected chi connectivity index (χ4v) is 2.91. The smallest absolute Gasteiger partial charge is 0.147 e. The third kappa shape index (κ3) is 3.03. The van der Waals surface area contributed by atoms with Gasteiger partial charge in [-0.05, 0) is 29.8 Å². The molecule has 7 nitrogen and oxygen atoms in total. The second-order valence-electron chi connectivity index (χ2n) is 5.94. The number of hydrogen-bond donors (Lipinski definition) is 2. The Balaban J connectivity index is 1.62. The van der Waals surface area contributed by atoms with Crippen molar-refractivity contribution < 1.29 is 0 Å². The highest BCUT2D eigenvalue weighted by atomic mass is 15.2. The lowest BCUT2D eigenvalue weighted by Crippen LogP contribution is -2.06. The average molecular weight is 331 g/mol. The van der Waals surface area contributed by atoms with Gasteiger partial charge >= 0.3 is 0 Å². The molecular formula is C18H17N7. The molecule has 3 aromatic rings. The lowest BCUT2D eigenvalue weighted by atomic mass is 9.99. The number of nitrogens with two attached hydrogens (primary N) is 2. The van der Waals surface area contributed by atoms with Gasteiger partial charge in [0.05, 0.1) is 17.9 Å². The van der Waals surface area contributed by atoms with Gasteiger partial charge in [0.25, 0.3) is 0 Å². The van der Waals surface area contributed by atoms with Gasteiger partial charge in [-0.3, -0.25) is 4.98 Å². The molecule has 0 radical (unpaired) electrons. The number of benzene rings is 1. The Bertz CT molecular complexity index is 924. The van der Waals surface area contributed by atoms with E-state index in [0.717, 1.165) is 16.8 Å². The van der Waals surface area contributed by atoms with Gasteiger partial charge < -0.3 is 11.5 Å². The summed E-state index contributed by atoms with van der Waals surface area (Å²) in [7, 11) is 0. The van der Waals surface area contributed by atoms with Crippen molar-refractivity contribution in [3.05, 3.63) is 66.2 Å². The third-order valence-electron chi connectivity index (χ3n) is 4.19. The zero-order valence-electron chi connectivity index (χ0n) is 13.4. The van der Waals surface area contributed by atoms with Gasteiger partial charge in [-0.15, -0.1) is 0 Å². The van der Waals surface area contributed by atoms with Crippen LogP contribution < -0.4 is 11.5 Å². The topological polar surface area (TPSA) is 115 Å². The molecule has 4 rings (SSSR count). The van der Waals surface area contributed by atoms with E-state index in [1.165, 1.54) is 0 Å². The molecule has 2 unspecified atom stereocenters. The largest absolute Gasteiger partial charge is 0.399 e. The van der Waals surface area contributed by atoms with Crippen molar-refractivity contribution in [1.29, 1.82) is 0 Å². The van der Waals surface area contributed by atoms with Crippen LogP contribution in [0.5, 0.6) is 0 Å². The fraction of sp³-hybridized carbons (Fsp3) is 0.167. The van der Waals surface area contributed by atoms with Crippen LogP contribution in [-0.4, -0.2) is 15.0 Å². The SMILES string of the molecule is Nc1cccc(C2CC(c3nc(-c4cccnc4)cnc3N)N=N2)c1. The molecule has 0 saturated heterocycles. The summed E-state index contributed by atoms with van der Waals surface area (Å²) in [5, 5.41) is 8.76. The quantitative estimate of drug-likeness (QED) is 0.714. The first-order chi connectivity index (χ1) is 12.2. The maximum atomic E-state index is 6.04. The molecule has 0 saturated carbocycles. The Hall–Kier alpha value is -3.35. The highest BCUT2D eigenvalue weighted by molar-refractivity contribution is 5.58. The van der Waals surface area contributed by atoms with Gasteiger partial charge in [-0.25, -0.2) is 9.97 Å². The summed E-state index contributed by atoms with van der Waals surface area (Å²) in [5.74, 6) is 0.379. The Kier molecular flexibility index (Phi) is 3.81. The van der Waals surface area contributed by atoms with E-state index in [1.807, 2.05) is 36.4 Å². The molecule has 0 bridgehead atoms. The summed E-state index contributed by atoms with van der Waals surface area (Å²) in [6.45, 7) is 0. The van der Waals surface area contributed by atoms with Crippen molar-refractivity contribution in [2.75, 3.05) is 11.5 Å². The molecular weight excluding hydrogens is 314 g/mol. The first-order valence-electron chi connectivity index (χ1n) is 7.99. The van der Waals surface area contributed by atoms with Crippen molar-refractivity contribution >= 4 is 11.5 Å². The molecule has 2 aromatic heterocycles. The highest BCUT2D eigenvalue weighted by Crippen LogP contribution is 2.39. The predicted octanol–water partition coefficient (Wildman–Crippen LogP) is 3.34. The number of rotatable bonds is 3. The first kappa shape index (κ1) is 15.2. The number of pyridine rings is 1. The first-order valence-corrected chi connectivity index (χ1v) is 7.99. The monoisotopic (exact) mass is 331 g/mol. The number of azo groups is 1. The van der Waals surface area contributed by atoms with E-state index in [2.05, 4.69) is 25.2 Å². The van der Waals surface area contributed by atoms with E-state index in [9.17, 15) is 0 Å². The summed E-state index contributed by atoms with van der Waals surface area (Å²) in [4.78, 5) is 13.1. The molecule has 0 spiro atoms. The van der Waals surface area contributed by atoms with Crippen LogP contribution >= 0.6 is 0 Å². The number of aromatic nitrogens is 3. The van der Waals surface area contributed by atoms with Gasteiger partial charge in [-0.2, -0.15) is 10.2 Å². The third-order valence-corrected chi connectivity index (χ3v) is 4.19. The Morgan fingerprint density at radius 3 is 2.64 bits per heavy atom. The Morgan fingerprint density at radius 2 is 1.84 bits per heavy atom. The van der Waals surface area contributed by atoms with Crippen molar-refractivity contribution in [1.82, 2.24) is 15.0 Å². The second kappa shape index (κ2) is 6.27. The minimum atomic E-state index is -0.212. The van der Waals surface area contributed by atoms with Crippen LogP contribution in [0.2, 0.25) is 0 Å². The van der Waals surface area contributed by atoms with Gasteiger partial charge in [0, 0.05) is 30.1 Å². The molecule has 25 heavy (non-hydrogen) atoms. The molecule has 0 aliphatic carbocycles. The molecule has 0 amide bonds. The van der Waals surface area contributed by atoms with Crippen LogP contribution in [0.3, 0.4) is 0 Å². The van der Waals surface area contributed by atoms with Crippen molar-refractivity contribution in [3.63, 3.8) is 0 Å². The van der Waals surface area contributed by atoms with Crippen molar-refractivity contribution in [3.8, 4) is 11.3 Å².